The molecule has 4 nitrogen and oxygen atoms in total. The minimum Gasteiger partial charge on any atom is -0.294 e. The van der Waals surface area contributed by atoms with Crippen molar-refractivity contribution in [2.45, 2.75) is 6.92 Å². The van der Waals surface area contributed by atoms with E-state index in [9.17, 15) is 0 Å². The highest BCUT2D eigenvalue weighted by Gasteiger charge is 2.09. The van der Waals surface area contributed by atoms with E-state index in [1.807, 2.05) is 54.4 Å². The second-order valence-electron chi connectivity index (χ2n) is 3.87. The number of aromatic nitrogens is 4. The molecule has 3 aromatic rings. The fraction of sp³-hybridized carbons (Fsp3) is 0.0769. The number of aromatic amines is 1. The lowest BCUT2D eigenvalue weighted by Gasteiger charge is -2.03. The molecule has 3 rings (SSSR count). The average molecular weight is 255 g/mol. The maximum atomic E-state index is 5.15. The molecule has 2 aromatic heterocycles. The first-order valence-corrected chi connectivity index (χ1v) is 6.03. The van der Waals surface area contributed by atoms with Gasteiger partial charge in [-0.15, -0.1) is 0 Å². The Labute approximate surface area is 109 Å². The first-order chi connectivity index (χ1) is 8.79. The van der Waals surface area contributed by atoms with Gasteiger partial charge in [0, 0.05) is 5.39 Å². The highest BCUT2D eigenvalue weighted by Crippen LogP contribution is 2.19. The van der Waals surface area contributed by atoms with Gasteiger partial charge in [0.05, 0.1) is 12.1 Å². The van der Waals surface area contributed by atoms with Crippen LogP contribution in [0.1, 0.15) is 6.92 Å². The third-order valence-corrected chi connectivity index (χ3v) is 3.08. The number of hydrogen-bond donors (Lipinski definition) is 1. The number of rotatable bonds is 2. The summed E-state index contributed by atoms with van der Waals surface area (Å²) in [5, 5.41) is 8.11. The van der Waals surface area contributed by atoms with E-state index in [0.29, 0.717) is 4.77 Å². The average Bonchev–Trinajstić information content (AvgIpc) is 2.79. The van der Waals surface area contributed by atoms with Crippen molar-refractivity contribution in [3.8, 4) is 11.5 Å². The monoisotopic (exact) mass is 255 g/mol. The van der Waals surface area contributed by atoms with Gasteiger partial charge in [0.15, 0.2) is 10.6 Å². The fourth-order valence-electron chi connectivity index (χ4n) is 1.92. The van der Waals surface area contributed by atoms with E-state index in [0.717, 1.165) is 22.4 Å². The van der Waals surface area contributed by atoms with Crippen LogP contribution in [0.4, 0.5) is 0 Å². The lowest BCUT2D eigenvalue weighted by atomic mass is 10.2. The van der Waals surface area contributed by atoms with Gasteiger partial charge in [0.25, 0.3) is 0 Å². The predicted octanol–water partition coefficient (Wildman–Crippen LogP) is 3.19. The number of pyridine rings is 1. The van der Waals surface area contributed by atoms with Gasteiger partial charge in [-0.1, -0.05) is 24.3 Å². The van der Waals surface area contributed by atoms with Crippen LogP contribution in [0, 0.1) is 11.3 Å². The summed E-state index contributed by atoms with van der Waals surface area (Å²) in [6.07, 6.45) is 0. The van der Waals surface area contributed by atoms with Crippen LogP contribution in [-0.2, 0) is 0 Å². The maximum absolute atomic E-state index is 5.15. The van der Waals surface area contributed by atoms with Crippen molar-refractivity contribution in [2.75, 3.05) is 0 Å². The lowest BCUT2D eigenvalue weighted by molar-refractivity contribution is 0.939. The van der Waals surface area contributed by atoms with Crippen LogP contribution in [0.25, 0.3) is 22.4 Å². The number of hydrogen-bond acceptors (Lipinski definition) is 3. The molecule has 0 aliphatic heterocycles. The summed E-state index contributed by atoms with van der Waals surface area (Å²) >= 11 is 5.15. The summed E-state index contributed by atoms with van der Waals surface area (Å²) in [7, 11) is 0. The Bertz CT molecular complexity index is 757. The number of H-pyrrole nitrogens is 1. The second-order valence-corrected chi connectivity index (χ2v) is 4.26. The van der Waals surface area contributed by atoms with Crippen molar-refractivity contribution in [2.24, 2.45) is 0 Å². The molecule has 0 bridgehead atoms. The van der Waals surface area contributed by atoms with E-state index in [4.69, 9.17) is 12.2 Å². The lowest BCUT2D eigenvalue weighted by Crippen LogP contribution is -1.97. The SMILES string of the molecule is C[CH]n1c(-c2ccc3ccccc3n2)n[nH]c1=S. The molecule has 89 valence electrons. The molecule has 0 unspecified atom stereocenters. The van der Waals surface area contributed by atoms with Gasteiger partial charge in [0.1, 0.15) is 5.69 Å². The van der Waals surface area contributed by atoms with Gasteiger partial charge in [-0.05, 0) is 31.3 Å². The van der Waals surface area contributed by atoms with Crippen LogP contribution in [0.15, 0.2) is 36.4 Å². The van der Waals surface area contributed by atoms with Crippen LogP contribution in [0.5, 0.6) is 0 Å². The molecule has 0 fully saturated rings. The molecule has 1 radical (unpaired) electrons. The zero-order chi connectivity index (χ0) is 12.5. The van der Waals surface area contributed by atoms with Crippen molar-refractivity contribution in [3.05, 3.63) is 47.7 Å². The smallest absolute Gasteiger partial charge is 0.195 e. The minimum absolute atomic E-state index is 0.572. The quantitative estimate of drug-likeness (QED) is 0.715. The molecule has 0 saturated heterocycles. The molecule has 18 heavy (non-hydrogen) atoms. The Balaban J connectivity index is 2.22. The molecule has 0 amide bonds. The highest BCUT2D eigenvalue weighted by molar-refractivity contribution is 7.71. The number of nitrogens with one attached hydrogen (secondary N) is 1. The first kappa shape index (κ1) is 11.1. The zero-order valence-electron chi connectivity index (χ0n) is 9.79. The maximum Gasteiger partial charge on any atom is 0.195 e. The van der Waals surface area contributed by atoms with Gasteiger partial charge in [-0.25, -0.2) is 4.98 Å². The van der Waals surface area contributed by atoms with E-state index in [2.05, 4.69) is 15.2 Å². The van der Waals surface area contributed by atoms with Crippen LogP contribution < -0.4 is 0 Å². The van der Waals surface area contributed by atoms with Crippen molar-refractivity contribution in [1.29, 1.82) is 0 Å². The van der Waals surface area contributed by atoms with E-state index < -0.39 is 0 Å². The van der Waals surface area contributed by atoms with Crippen LogP contribution in [0.2, 0.25) is 0 Å². The van der Waals surface area contributed by atoms with E-state index in [-0.39, 0.29) is 0 Å². The molecule has 1 N–H and O–H groups in total. The predicted molar refractivity (Wildman–Crippen MR) is 73.5 cm³/mol. The van der Waals surface area contributed by atoms with E-state index in [1.54, 1.807) is 0 Å². The molecule has 0 saturated carbocycles. The number of nitrogens with zero attached hydrogens (tertiary/aromatic N) is 3. The second kappa shape index (κ2) is 4.34. The van der Waals surface area contributed by atoms with Crippen molar-refractivity contribution in [1.82, 2.24) is 19.7 Å². The zero-order valence-corrected chi connectivity index (χ0v) is 10.6. The fourth-order valence-corrected chi connectivity index (χ4v) is 2.15. The third kappa shape index (κ3) is 1.73. The topological polar surface area (TPSA) is 46.5 Å². The van der Waals surface area contributed by atoms with Gasteiger partial charge >= 0.3 is 0 Å². The molecule has 0 spiro atoms. The number of fused-ring (bicyclic) bond motifs is 1. The normalized spacial score (nSPS) is 10.9. The molecular formula is C13H11N4S. The number of para-hydroxylation sites is 1. The molecule has 1 aromatic carbocycles. The summed E-state index contributed by atoms with van der Waals surface area (Å²) in [5.41, 5.74) is 1.76. The van der Waals surface area contributed by atoms with Gasteiger partial charge in [-0.2, -0.15) is 5.10 Å². The molecular weight excluding hydrogens is 244 g/mol. The summed E-state index contributed by atoms with van der Waals surface area (Å²) < 4.78 is 2.38. The molecule has 0 atom stereocenters. The van der Waals surface area contributed by atoms with E-state index >= 15 is 0 Å². The molecule has 5 heteroatoms. The number of benzene rings is 1. The Kier molecular flexibility index (Phi) is 2.68. The van der Waals surface area contributed by atoms with Gasteiger partial charge in [0.2, 0.25) is 0 Å². The minimum atomic E-state index is 0.572. The summed E-state index contributed by atoms with van der Waals surface area (Å²) in [4.78, 5) is 4.60. The van der Waals surface area contributed by atoms with Crippen molar-refractivity contribution < 1.29 is 0 Å². The Hall–Kier alpha value is -2.01. The summed E-state index contributed by atoms with van der Waals surface area (Å²) in [6.45, 7) is 3.79. The third-order valence-electron chi connectivity index (χ3n) is 2.79. The van der Waals surface area contributed by atoms with Crippen molar-refractivity contribution in [3.63, 3.8) is 0 Å². The first-order valence-electron chi connectivity index (χ1n) is 5.62. The molecule has 2 heterocycles. The largest absolute Gasteiger partial charge is 0.294 e. The Morgan fingerprint density at radius 2 is 2.06 bits per heavy atom. The highest BCUT2D eigenvalue weighted by atomic mass is 32.1. The van der Waals surface area contributed by atoms with Crippen LogP contribution in [-0.4, -0.2) is 19.7 Å². The standard InChI is InChI=1S/C13H11N4S/c1-2-17-12(15-16-13(17)18)11-8-7-9-5-3-4-6-10(9)14-11/h2-8H,1H3,(H,16,18). The Morgan fingerprint density at radius 3 is 2.89 bits per heavy atom. The van der Waals surface area contributed by atoms with E-state index in [1.165, 1.54) is 0 Å². The molecule has 0 aliphatic carbocycles. The molecule has 0 aliphatic rings. The van der Waals surface area contributed by atoms with Crippen LogP contribution in [0.3, 0.4) is 0 Å². The summed E-state index contributed by atoms with van der Waals surface area (Å²) in [5.74, 6) is 0.730. The Morgan fingerprint density at radius 1 is 1.22 bits per heavy atom. The summed E-state index contributed by atoms with van der Waals surface area (Å²) in [6, 6.07) is 12.0. The van der Waals surface area contributed by atoms with Gasteiger partial charge in [-0.3, -0.25) is 9.67 Å². The van der Waals surface area contributed by atoms with Crippen LogP contribution >= 0.6 is 12.2 Å². The van der Waals surface area contributed by atoms with Crippen molar-refractivity contribution >= 4 is 23.1 Å². The van der Waals surface area contributed by atoms with Gasteiger partial charge < -0.3 is 0 Å².